The molecule has 0 aromatic heterocycles. The van der Waals surface area contributed by atoms with Crippen LogP contribution in [0.5, 0.6) is 0 Å². The summed E-state index contributed by atoms with van der Waals surface area (Å²) < 4.78 is 0. The van der Waals surface area contributed by atoms with E-state index >= 15 is 0 Å². The molecule has 0 radical (unpaired) electrons. The van der Waals surface area contributed by atoms with Gasteiger partial charge in [-0.15, -0.1) is 0 Å². The molecule has 1 heterocycles. The van der Waals surface area contributed by atoms with E-state index < -0.39 is 0 Å². The first-order valence-corrected chi connectivity index (χ1v) is 11.9. The smallest absolute Gasteiger partial charge is 0.247 e. The molecule has 3 heteroatoms. The predicted molar refractivity (Wildman–Crippen MR) is 150 cm³/mol. The lowest BCUT2D eigenvalue weighted by atomic mass is 9.34. The standard InChI is InChI=1S/C31H25BN2/c1-33(2)26-18-15-20-13-17-24-30-21(14-16-23(26)29(20)30)19-28-31(24)32(22-9-5-4-6-10-22)25-11-7-8-12-27(25)34(28)3/h4-19H,1-3H3. The fraction of sp³-hybridized carbons (Fsp3) is 0.0968. The van der Waals surface area contributed by atoms with Crippen molar-refractivity contribution in [3.05, 3.63) is 97.1 Å². The van der Waals surface area contributed by atoms with Crippen LogP contribution in [-0.2, 0) is 0 Å². The van der Waals surface area contributed by atoms with Crippen LogP contribution in [0, 0.1) is 0 Å². The van der Waals surface area contributed by atoms with E-state index in [1.165, 1.54) is 65.8 Å². The first kappa shape index (κ1) is 19.5. The molecule has 0 saturated heterocycles. The van der Waals surface area contributed by atoms with E-state index in [1.807, 2.05) is 0 Å². The SMILES string of the molecule is CN(C)c1ccc2ccc3c4c(cc5ccc1c2c53)N(C)c1ccccc1B4c1ccccc1. The highest BCUT2D eigenvalue weighted by Gasteiger charge is 2.35. The Hall–Kier alpha value is -3.98. The third-order valence-corrected chi connectivity index (χ3v) is 7.65. The van der Waals surface area contributed by atoms with Crippen LogP contribution < -0.4 is 26.2 Å². The van der Waals surface area contributed by atoms with Crippen LogP contribution in [0.15, 0.2) is 97.1 Å². The highest BCUT2D eigenvalue weighted by molar-refractivity contribution is 6.99. The molecular weight excluding hydrogens is 411 g/mol. The van der Waals surface area contributed by atoms with Crippen molar-refractivity contribution in [2.75, 3.05) is 30.9 Å². The zero-order valence-electron chi connectivity index (χ0n) is 19.7. The van der Waals surface area contributed by atoms with Crippen molar-refractivity contribution < 1.29 is 0 Å². The maximum atomic E-state index is 2.41. The molecule has 0 unspecified atom stereocenters. The molecule has 0 atom stereocenters. The highest BCUT2D eigenvalue weighted by atomic mass is 15.1. The van der Waals surface area contributed by atoms with Crippen molar-refractivity contribution in [2.24, 2.45) is 0 Å². The zero-order valence-corrected chi connectivity index (χ0v) is 19.7. The van der Waals surface area contributed by atoms with Gasteiger partial charge in [0.1, 0.15) is 0 Å². The summed E-state index contributed by atoms with van der Waals surface area (Å²) in [5, 5.41) is 8.04. The third-order valence-electron chi connectivity index (χ3n) is 7.65. The molecule has 0 saturated carbocycles. The van der Waals surface area contributed by atoms with E-state index in [4.69, 9.17) is 0 Å². The number of benzene rings is 6. The monoisotopic (exact) mass is 436 g/mol. The van der Waals surface area contributed by atoms with Crippen molar-refractivity contribution in [3.8, 4) is 0 Å². The molecule has 6 aromatic rings. The largest absolute Gasteiger partial charge is 0.377 e. The summed E-state index contributed by atoms with van der Waals surface area (Å²) in [6.07, 6.45) is 0. The van der Waals surface area contributed by atoms with Gasteiger partial charge in [-0.1, -0.05) is 84.3 Å². The molecule has 0 bridgehead atoms. The Bertz CT molecular complexity index is 1700. The van der Waals surface area contributed by atoms with Crippen LogP contribution in [0.3, 0.4) is 0 Å². The Labute approximate surface area is 200 Å². The topological polar surface area (TPSA) is 6.48 Å². The van der Waals surface area contributed by atoms with E-state index in [1.54, 1.807) is 0 Å². The zero-order chi connectivity index (χ0) is 23.0. The van der Waals surface area contributed by atoms with Crippen molar-refractivity contribution in [3.63, 3.8) is 0 Å². The Morgan fingerprint density at radius 3 is 2.15 bits per heavy atom. The Kier molecular flexibility index (Phi) is 4.02. The lowest BCUT2D eigenvalue weighted by Crippen LogP contribution is -2.57. The number of hydrogen-bond donors (Lipinski definition) is 0. The number of rotatable bonds is 2. The molecule has 0 amide bonds. The Morgan fingerprint density at radius 2 is 1.32 bits per heavy atom. The minimum atomic E-state index is 0.196. The van der Waals surface area contributed by atoms with Gasteiger partial charge in [-0.25, -0.2) is 0 Å². The molecule has 1 aliphatic heterocycles. The molecular formula is C31H25BN2. The summed E-state index contributed by atoms with van der Waals surface area (Å²) in [7, 11) is 6.47. The summed E-state index contributed by atoms with van der Waals surface area (Å²) in [6, 6.07) is 36.1. The van der Waals surface area contributed by atoms with Crippen LogP contribution in [-0.4, -0.2) is 27.9 Å². The summed E-state index contributed by atoms with van der Waals surface area (Å²) in [5.41, 5.74) is 7.96. The summed E-state index contributed by atoms with van der Waals surface area (Å²) in [5.74, 6) is 0. The molecule has 162 valence electrons. The van der Waals surface area contributed by atoms with E-state index in [2.05, 4.69) is 128 Å². The van der Waals surface area contributed by atoms with Crippen LogP contribution in [0.1, 0.15) is 0 Å². The van der Waals surface area contributed by atoms with Gasteiger partial charge in [-0.3, -0.25) is 0 Å². The van der Waals surface area contributed by atoms with Crippen molar-refractivity contribution in [1.29, 1.82) is 0 Å². The maximum absolute atomic E-state index is 2.41. The Balaban J connectivity index is 1.66. The fourth-order valence-corrected chi connectivity index (χ4v) is 6.15. The number of para-hydroxylation sites is 1. The summed E-state index contributed by atoms with van der Waals surface area (Å²) in [6.45, 7) is 0.196. The van der Waals surface area contributed by atoms with E-state index in [0.717, 1.165) is 0 Å². The van der Waals surface area contributed by atoms with Crippen LogP contribution >= 0.6 is 0 Å². The van der Waals surface area contributed by atoms with E-state index in [0.29, 0.717) is 0 Å². The predicted octanol–water partition coefficient (Wildman–Crippen LogP) is 5.25. The first-order valence-electron chi connectivity index (χ1n) is 11.9. The van der Waals surface area contributed by atoms with Crippen LogP contribution in [0.4, 0.5) is 17.1 Å². The molecule has 1 aliphatic rings. The second-order valence-corrected chi connectivity index (χ2v) is 9.67. The quantitative estimate of drug-likeness (QED) is 0.270. The van der Waals surface area contributed by atoms with Crippen LogP contribution in [0.25, 0.3) is 32.3 Å². The average molecular weight is 436 g/mol. The lowest BCUT2D eigenvalue weighted by Gasteiger charge is -2.36. The normalized spacial score (nSPS) is 13.0. The fourth-order valence-electron chi connectivity index (χ4n) is 6.15. The van der Waals surface area contributed by atoms with Crippen molar-refractivity contribution >= 4 is 72.5 Å². The number of hydrogen-bond acceptors (Lipinski definition) is 2. The molecule has 0 spiro atoms. The minimum Gasteiger partial charge on any atom is -0.377 e. The maximum Gasteiger partial charge on any atom is 0.247 e. The highest BCUT2D eigenvalue weighted by Crippen LogP contribution is 2.41. The number of fused-ring (bicyclic) bond motifs is 3. The van der Waals surface area contributed by atoms with Crippen molar-refractivity contribution in [1.82, 2.24) is 0 Å². The number of nitrogens with zero attached hydrogens (tertiary/aromatic N) is 2. The summed E-state index contributed by atoms with van der Waals surface area (Å²) >= 11 is 0. The summed E-state index contributed by atoms with van der Waals surface area (Å²) in [4.78, 5) is 4.60. The molecule has 0 fully saturated rings. The van der Waals surface area contributed by atoms with Gasteiger partial charge in [0.05, 0.1) is 0 Å². The molecule has 34 heavy (non-hydrogen) atoms. The molecule has 7 rings (SSSR count). The first-order chi connectivity index (χ1) is 16.6. The Morgan fingerprint density at radius 1 is 0.647 bits per heavy atom. The average Bonchev–Trinajstić information content (AvgIpc) is 2.88. The molecule has 2 nitrogen and oxygen atoms in total. The van der Waals surface area contributed by atoms with Crippen molar-refractivity contribution in [2.45, 2.75) is 0 Å². The van der Waals surface area contributed by atoms with Gasteiger partial charge in [0.15, 0.2) is 0 Å². The lowest BCUT2D eigenvalue weighted by molar-refractivity contribution is 1.14. The number of anilines is 3. The van der Waals surface area contributed by atoms with Gasteiger partial charge < -0.3 is 9.80 Å². The second kappa shape index (κ2) is 7.01. The molecule has 0 N–H and O–H groups in total. The van der Waals surface area contributed by atoms with E-state index in [9.17, 15) is 0 Å². The van der Waals surface area contributed by atoms with Gasteiger partial charge in [0.2, 0.25) is 6.71 Å². The van der Waals surface area contributed by atoms with Gasteiger partial charge in [-0.05, 0) is 56.1 Å². The van der Waals surface area contributed by atoms with E-state index in [-0.39, 0.29) is 6.71 Å². The second-order valence-electron chi connectivity index (χ2n) is 9.67. The third kappa shape index (κ3) is 2.53. The van der Waals surface area contributed by atoms with Crippen LogP contribution in [0.2, 0.25) is 0 Å². The molecule has 6 aromatic carbocycles. The molecule has 0 aliphatic carbocycles. The van der Waals surface area contributed by atoms with Gasteiger partial charge >= 0.3 is 0 Å². The minimum absolute atomic E-state index is 0.196. The van der Waals surface area contributed by atoms with Gasteiger partial charge in [0.25, 0.3) is 0 Å². The van der Waals surface area contributed by atoms with Gasteiger partial charge in [-0.2, -0.15) is 0 Å². The van der Waals surface area contributed by atoms with Gasteiger partial charge in [0, 0.05) is 43.6 Å².